The van der Waals surface area contributed by atoms with Crippen LogP contribution in [0, 0.1) is 0 Å². The first kappa shape index (κ1) is 20.1. The summed E-state index contributed by atoms with van der Waals surface area (Å²) in [7, 11) is 7.42. The maximum absolute atomic E-state index is 12.4. The monoisotopic (exact) mass is 375 g/mol. The number of ether oxygens (including phenoxy) is 1. The van der Waals surface area contributed by atoms with E-state index in [1.165, 1.54) is 0 Å². The Bertz CT molecular complexity index is 702. The van der Waals surface area contributed by atoms with Crippen LogP contribution in [0.5, 0.6) is 5.75 Å². The zero-order chi connectivity index (χ0) is 19.1. The molecule has 0 bridgehead atoms. The normalized spacial score (nSPS) is 11.9. The Morgan fingerprint density at radius 3 is 2.23 bits per heavy atom. The molecule has 0 spiro atoms. The summed E-state index contributed by atoms with van der Waals surface area (Å²) in [5, 5.41) is 3.70. The van der Waals surface area contributed by atoms with Crippen LogP contribution in [0.2, 0.25) is 5.02 Å². The topological polar surface area (TPSA) is 44.8 Å². The van der Waals surface area contributed by atoms with Gasteiger partial charge < -0.3 is 19.9 Å². The molecule has 1 atom stereocenters. The number of benzene rings is 2. The zero-order valence-electron chi connectivity index (χ0n) is 15.7. The lowest BCUT2D eigenvalue weighted by molar-refractivity contribution is 0.200. The highest BCUT2D eigenvalue weighted by atomic mass is 35.5. The molecule has 140 valence electrons. The number of carbonyl (C=O) groups is 1. The summed E-state index contributed by atoms with van der Waals surface area (Å²) in [5.74, 6) is 0.818. The fourth-order valence-corrected chi connectivity index (χ4v) is 2.81. The van der Waals surface area contributed by atoms with E-state index in [2.05, 4.69) is 10.2 Å². The van der Waals surface area contributed by atoms with Crippen molar-refractivity contribution in [1.29, 1.82) is 0 Å². The lowest BCUT2D eigenvalue weighted by atomic mass is 10.1. The van der Waals surface area contributed by atoms with Crippen molar-refractivity contribution in [2.24, 2.45) is 0 Å². The highest BCUT2D eigenvalue weighted by molar-refractivity contribution is 6.30. The van der Waals surface area contributed by atoms with Crippen LogP contribution in [0.4, 0.5) is 4.79 Å². The molecule has 2 rings (SSSR count). The molecule has 0 heterocycles. The van der Waals surface area contributed by atoms with E-state index in [9.17, 15) is 4.79 Å². The molecule has 5 nitrogen and oxygen atoms in total. The van der Waals surface area contributed by atoms with Gasteiger partial charge in [0.1, 0.15) is 5.75 Å². The molecular formula is C20H26ClN3O2. The van der Waals surface area contributed by atoms with Crippen molar-refractivity contribution in [1.82, 2.24) is 15.1 Å². The molecule has 0 fully saturated rings. The van der Waals surface area contributed by atoms with Crippen LogP contribution in [0.1, 0.15) is 17.2 Å². The molecule has 0 aliphatic heterocycles. The Labute approximate surface area is 160 Å². The highest BCUT2D eigenvalue weighted by Crippen LogP contribution is 2.20. The van der Waals surface area contributed by atoms with E-state index < -0.39 is 0 Å². The van der Waals surface area contributed by atoms with E-state index >= 15 is 0 Å². The summed E-state index contributed by atoms with van der Waals surface area (Å²) >= 11 is 5.90. The molecule has 6 heteroatoms. The number of amides is 2. The van der Waals surface area contributed by atoms with Gasteiger partial charge >= 0.3 is 6.03 Å². The van der Waals surface area contributed by atoms with E-state index in [0.29, 0.717) is 18.1 Å². The van der Waals surface area contributed by atoms with Crippen LogP contribution in [-0.2, 0) is 6.54 Å². The lowest BCUT2D eigenvalue weighted by Gasteiger charge is -2.27. The van der Waals surface area contributed by atoms with Crippen molar-refractivity contribution in [3.05, 3.63) is 64.7 Å². The molecular weight excluding hydrogens is 350 g/mol. The number of nitrogens with one attached hydrogen (secondary N) is 1. The van der Waals surface area contributed by atoms with Gasteiger partial charge in [-0.05, 0) is 49.5 Å². The highest BCUT2D eigenvalue weighted by Gasteiger charge is 2.17. The predicted molar refractivity (Wildman–Crippen MR) is 106 cm³/mol. The van der Waals surface area contributed by atoms with Crippen molar-refractivity contribution in [2.45, 2.75) is 12.6 Å². The summed E-state index contributed by atoms with van der Waals surface area (Å²) in [6.45, 7) is 1.04. The van der Waals surface area contributed by atoms with E-state index in [1.807, 2.05) is 62.6 Å². The van der Waals surface area contributed by atoms with Gasteiger partial charge in [-0.1, -0.05) is 35.9 Å². The van der Waals surface area contributed by atoms with Gasteiger partial charge in [0, 0.05) is 25.2 Å². The minimum absolute atomic E-state index is 0.0776. The first-order valence-electron chi connectivity index (χ1n) is 8.44. The second-order valence-corrected chi connectivity index (χ2v) is 6.86. The molecule has 0 aliphatic carbocycles. The average molecular weight is 376 g/mol. The molecule has 0 saturated heterocycles. The lowest BCUT2D eigenvalue weighted by Crippen LogP contribution is -2.41. The third-order valence-corrected chi connectivity index (χ3v) is 4.50. The number of hydrogen-bond donors (Lipinski definition) is 1. The maximum Gasteiger partial charge on any atom is 0.317 e. The van der Waals surface area contributed by atoms with E-state index in [0.717, 1.165) is 16.9 Å². The molecule has 2 aromatic rings. The molecule has 2 amide bonds. The van der Waals surface area contributed by atoms with Gasteiger partial charge in [0.05, 0.1) is 13.2 Å². The summed E-state index contributed by atoms with van der Waals surface area (Å²) in [4.78, 5) is 16.2. The van der Waals surface area contributed by atoms with Crippen molar-refractivity contribution in [3.8, 4) is 5.75 Å². The quantitative estimate of drug-likeness (QED) is 0.800. The van der Waals surface area contributed by atoms with Gasteiger partial charge in [0.25, 0.3) is 0 Å². The van der Waals surface area contributed by atoms with Crippen molar-refractivity contribution in [3.63, 3.8) is 0 Å². The van der Waals surface area contributed by atoms with Gasteiger partial charge in [-0.2, -0.15) is 0 Å². The molecule has 0 saturated carbocycles. The van der Waals surface area contributed by atoms with Crippen LogP contribution in [-0.4, -0.2) is 50.6 Å². The standard InChI is InChI=1S/C20H26ClN3O2/c1-23(2)19(16-7-11-18(26-4)12-8-16)13-22-20(25)24(3)14-15-5-9-17(21)10-6-15/h5-12,19H,13-14H2,1-4H3,(H,22,25). The Morgan fingerprint density at radius 1 is 1.08 bits per heavy atom. The zero-order valence-corrected chi connectivity index (χ0v) is 16.5. The van der Waals surface area contributed by atoms with E-state index in [1.54, 1.807) is 19.1 Å². The average Bonchev–Trinajstić information content (AvgIpc) is 2.63. The largest absolute Gasteiger partial charge is 0.497 e. The number of methoxy groups -OCH3 is 1. The number of rotatable bonds is 7. The maximum atomic E-state index is 12.4. The van der Waals surface area contributed by atoms with Crippen LogP contribution in [0.3, 0.4) is 0 Å². The van der Waals surface area contributed by atoms with Crippen molar-refractivity contribution in [2.75, 3.05) is 34.8 Å². The Balaban J connectivity index is 1.94. The third-order valence-electron chi connectivity index (χ3n) is 4.25. The first-order valence-corrected chi connectivity index (χ1v) is 8.82. The van der Waals surface area contributed by atoms with Crippen LogP contribution < -0.4 is 10.1 Å². The number of urea groups is 1. The second kappa shape index (κ2) is 9.46. The van der Waals surface area contributed by atoms with Crippen molar-refractivity contribution >= 4 is 17.6 Å². The van der Waals surface area contributed by atoms with Crippen LogP contribution in [0.25, 0.3) is 0 Å². The summed E-state index contributed by atoms with van der Waals surface area (Å²) < 4.78 is 5.20. The smallest absolute Gasteiger partial charge is 0.317 e. The molecule has 1 unspecified atom stereocenters. The third kappa shape index (κ3) is 5.64. The van der Waals surface area contributed by atoms with Gasteiger partial charge in [-0.3, -0.25) is 0 Å². The van der Waals surface area contributed by atoms with Gasteiger partial charge in [0.2, 0.25) is 0 Å². The Morgan fingerprint density at radius 2 is 1.69 bits per heavy atom. The van der Waals surface area contributed by atoms with Crippen molar-refractivity contribution < 1.29 is 9.53 Å². The predicted octanol–water partition coefficient (Wildman–Crippen LogP) is 3.79. The Hall–Kier alpha value is -2.24. The summed E-state index contributed by atoms with van der Waals surface area (Å²) in [6, 6.07) is 15.4. The fourth-order valence-electron chi connectivity index (χ4n) is 2.68. The molecule has 0 radical (unpaired) electrons. The minimum atomic E-state index is -0.111. The van der Waals surface area contributed by atoms with Gasteiger partial charge in [-0.15, -0.1) is 0 Å². The molecule has 0 aliphatic rings. The minimum Gasteiger partial charge on any atom is -0.497 e. The van der Waals surface area contributed by atoms with E-state index in [-0.39, 0.29) is 12.1 Å². The summed E-state index contributed by atoms with van der Waals surface area (Å²) in [5.41, 5.74) is 2.16. The van der Waals surface area contributed by atoms with Crippen LogP contribution >= 0.6 is 11.6 Å². The number of nitrogens with zero attached hydrogens (tertiary/aromatic N) is 2. The number of hydrogen-bond acceptors (Lipinski definition) is 3. The van der Waals surface area contributed by atoms with Crippen LogP contribution in [0.15, 0.2) is 48.5 Å². The van der Waals surface area contributed by atoms with E-state index in [4.69, 9.17) is 16.3 Å². The molecule has 0 aromatic heterocycles. The number of likely N-dealkylation sites (N-methyl/N-ethyl adjacent to an activating group) is 1. The molecule has 1 N–H and O–H groups in total. The first-order chi connectivity index (χ1) is 12.4. The Kier molecular flexibility index (Phi) is 7.30. The molecule has 2 aromatic carbocycles. The fraction of sp³-hybridized carbons (Fsp3) is 0.350. The van der Waals surface area contributed by atoms with Gasteiger partial charge in [0.15, 0.2) is 0 Å². The van der Waals surface area contributed by atoms with Gasteiger partial charge in [-0.25, -0.2) is 4.79 Å². The number of carbonyl (C=O) groups excluding carboxylic acids is 1. The second-order valence-electron chi connectivity index (χ2n) is 6.42. The number of halogens is 1. The summed E-state index contributed by atoms with van der Waals surface area (Å²) in [6.07, 6.45) is 0. The molecule has 26 heavy (non-hydrogen) atoms. The SMILES string of the molecule is COc1ccc(C(CNC(=O)N(C)Cc2ccc(Cl)cc2)N(C)C)cc1.